The van der Waals surface area contributed by atoms with Gasteiger partial charge in [-0.3, -0.25) is 4.79 Å². The molecule has 3 heteroatoms. The Kier molecular flexibility index (Phi) is 3.07. The molecule has 0 heterocycles. The minimum atomic E-state index is -0.747. The summed E-state index contributed by atoms with van der Waals surface area (Å²) in [7, 11) is 0. The Bertz CT molecular complexity index is 212. The molecule has 0 bridgehead atoms. The van der Waals surface area contributed by atoms with Crippen molar-refractivity contribution in [1.29, 1.82) is 0 Å². The fourth-order valence-electron chi connectivity index (χ4n) is 2.35. The lowest BCUT2D eigenvalue weighted by molar-refractivity contribution is -0.145. The van der Waals surface area contributed by atoms with Gasteiger partial charge in [0.25, 0.3) is 0 Å². The highest BCUT2D eigenvalue weighted by atomic mass is 16.4. The van der Waals surface area contributed by atoms with Crippen molar-refractivity contribution in [3.05, 3.63) is 0 Å². The van der Waals surface area contributed by atoms with Gasteiger partial charge in [-0.1, -0.05) is 13.8 Å². The van der Waals surface area contributed by atoms with E-state index in [2.05, 4.69) is 0 Å². The molecule has 1 aliphatic rings. The Hall–Kier alpha value is -0.860. The molecule has 1 fully saturated rings. The molecule has 0 aromatic heterocycles. The second-order valence-corrected chi connectivity index (χ2v) is 4.08. The molecule has 0 aromatic rings. The highest BCUT2D eigenvalue weighted by Gasteiger charge is 2.40. The van der Waals surface area contributed by atoms with E-state index in [4.69, 9.17) is 5.11 Å². The summed E-state index contributed by atoms with van der Waals surface area (Å²) in [5, 5.41) is 8.98. The Morgan fingerprint density at radius 1 is 1.54 bits per heavy atom. The first-order valence-electron chi connectivity index (χ1n) is 4.76. The van der Waals surface area contributed by atoms with Crippen LogP contribution in [0.15, 0.2) is 0 Å². The summed E-state index contributed by atoms with van der Waals surface area (Å²) in [5.41, 5.74) is 0. The number of carboxylic acids is 1. The summed E-state index contributed by atoms with van der Waals surface area (Å²) in [4.78, 5) is 21.5. The summed E-state index contributed by atoms with van der Waals surface area (Å²) in [6.07, 6.45) is 2.68. The van der Waals surface area contributed by atoms with Gasteiger partial charge in [0.1, 0.15) is 6.29 Å². The predicted octanol–water partition coefficient (Wildman–Crippen LogP) is 1.57. The minimum Gasteiger partial charge on any atom is -0.481 e. The van der Waals surface area contributed by atoms with Crippen LogP contribution in [0.3, 0.4) is 0 Å². The first kappa shape index (κ1) is 10.2. The molecule has 0 radical (unpaired) electrons. The zero-order valence-electron chi connectivity index (χ0n) is 8.06. The summed E-state index contributed by atoms with van der Waals surface area (Å²) in [6, 6.07) is 0. The molecule has 0 spiro atoms. The first-order chi connectivity index (χ1) is 6.07. The standard InChI is InChI=1S/C10H16O3/c1-6-3-4-8(7(2)5-11)9(6)10(12)13/h5-9H,3-4H2,1-2H3,(H,12,13)/t6-,7+,8-,9+/m0/s1. The van der Waals surface area contributed by atoms with Gasteiger partial charge in [-0.15, -0.1) is 0 Å². The average molecular weight is 184 g/mol. The topological polar surface area (TPSA) is 54.4 Å². The van der Waals surface area contributed by atoms with Crippen LogP contribution in [-0.4, -0.2) is 17.4 Å². The molecule has 0 amide bonds. The minimum absolute atomic E-state index is 0.0463. The molecule has 0 saturated heterocycles. The number of hydrogen-bond acceptors (Lipinski definition) is 2. The van der Waals surface area contributed by atoms with Crippen LogP contribution in [0, 0.1) is 23.7 Å². The molecule has 1 rings (SSSR count). The molecule has 0 aromatic carbocycles. The van der Waals surface area contributed by atoms with Crippen LogP contribution < -0.4 is 0 Å². The van der Waals surface area contributed by atoms with Crippen molar-refractivity contribution in [2.24, 2.45) is 23.7 Å². The number of aldehydes is 1. The lowest BCUT2D eigenvalue weighted by Gasteiger charge is -2.20. The predicted molar refractivity (Wildman–Crippen MR) is 48.2 cm³/mol. The van der Waals surface area contributed by atoms with E-state index in [9.17, 15) is 9.59 Å². The van der Waals surface area contributed by atoms with Crippen LogP contribution in [0.4, 0.5) is 0 Å². The maximum atomic E-state index is 10.9. The first-order valence-corrected chi connectivity index (χ1v) is 4.76. The van der Waals surface area contributed by atoms with Crippen molar-refractivity contribution in [2.75, 3.05) is 0 Å². The zero-order valence-corrected chi connectivity index (χ0v) is 8.06. The number of aliphatic carboxylic acids is 1. The second-order valence-electron chi connectivity index (χ2n) is 4.08. The quantitative estimate of drug-likeness (QED) is 0.677. The summed E-state index contributed by atoms with van der Waals surface area (Å²) < 4.78 is 0. The number of carboxylic acid groups (broad SMARTS) is 1. The maximum Gasteiger partial charge on any atom is 0.307 e. The Balaban J connectivity index is 2.75. The van der Waals surface area contributed by atoms with Gasteiger partial charge in [0.15, 0.2) is 0 Å². The van der Waals surface area contributed by atoms with Crippen LogP contribution in [0.25, 0.3) is 0 Å². The lowest BCUT2D eigenvalue weighted by Crippen LogP contribution is -2.27. The van der Waals surface area contributed by atoms with E-state index in [0.717, 1.165) is 19.1 Å². The molecule has 0 unspecified atom stereocenters. The average Bonchev–Trinajstić information content (AvgIpc) is 2.45. The van der Waals surface area contributed by atoms with Gasteiger partial charge >= 0.3 is 5.97 Å². The highest BCUT2D eigenvalue weighted by Crippen LogP contribution is 2.40. The monoisotopic (exact) mass is 184 g/mol. The van der Waals surface area contributed by atoms with Crippen molar-refractivity contribution in [3.63, 3.8) is 0 Å². The maximum absolute atomic E-state index is 10.9. The van der Waals surface area contributed by atoms with Crippen molar-refractivity contribution in [2.45, 2.75) is 26.7 Å². The van der Waals surface area contributed by atoms with Crippen LogP contribution >= 0.6 is 0 Å². The van der Waals surface area contributed by atoms with Crippen molar-refractivity contribution >= 4 is 12.3 Å². The molecule has 13 heavy (non-hydrogen) atoms. The van der Waals surface area contributed by atoms with Crippen molar-refractivity contribution in [3.8, 4) is 0 Å². The van der Waals surface area contributed by atoms with Crippen LogP contribution in [-0.2, 0) is 9.59 Å². The van der Waals surface area contributed by atoms with E-state index in [1.807, 2.05) is 13.8 Å². The number of rotatable bonds is 3. The van der Waals surface area contributed by atoms with Gasteiger partial charge in [0, 0.05) is 5.92 Å². The lowest BCUT2D eigenvalue weighted by atomic mass is 9.83. The fourth-order valence-corrected chi connectivity index (χ4v) is 2.35. The third-order valence-corrected chi connectivity index (χ3v) is 3.20. The largest absolute Gasteiger partial charge is 0.481 e. The van der Waals surface area contributed by atoms with Gasteiger partial charge in [-0.2, -0.15) is 0 Å². The molecular weight excluding hydrogens is 168 g/mol. The fraction of sp³-hybridized carbons (Fsp3) is 0.800. The van der Waals surface area contributed by atoms with Gasteiger partial charge < -0.3 is 9.90 Å². The van der Waals surface area contributed by atoms with Crippen molar-refractivity contribution < 1.29 is 14.7 Å². The number of hydrogen-bond donors (Lipinski definition) is 1. The molecule has 74 valence electrons. The highest BCUT2D eigenvalue weighted by molar-refractivity contribution is 5.72. The van der Waals surface area contributed by atoms with E-state index >= 15 is 0 Å². The van der Waals surface area contributed by atoms with E-state index in [0.29, 0.717) is 0 Å². The Morgan fingerprint density at radius 3 is 2.62 bits per heavy atom. The summed E-state index contributed by atoms with van der Waals surface area (Å²) in [6.45, 7) is 3.77. The van der Waals surface area contributed by atoms with Crippen LogP contribution in [0.2, 0.25) is 0 Å². The smallest absolute Gasteiger partial charge is 0.307 e. The molecule has 0 aliphatic heterocycles. The van der Waals surface area contributed by atoms with Gasteiger partial charge in [-0.25, -0.2) is 0 Å². The summed E-state index contributed by atoms with van der Waals surface area (Å²) >= 11 is 0. The number of carbonyl (C=O) groups is 2. The molecule has 1 N–H and O–H groups in total. The van der Waals surface area contributed by atoms with E-state index in [-0.39, 0.29) is 23.7 Å². The SMILES string of the molecule is C[C@H](C=O)[C@@H]1CC[C@H](C)[C@H]1C(=O)O. The zero-order chi connectivity index (χ0) is 10.0. The third-order valence-electron chi connectivity index (χ3n) is 3.20. The molecule has 1 saturated carbocycles. The number of carbonyl (C=O) groups excluding carboxylic acids is 1. The molecular formula is C10H16O3. The summed E-state index contributed by atoms with van der Waals surface area (Å²) in [5.74, 6) is -0.926. The van der Waals surface area contributed by atoms with Crippen LogP contribution in [0.5, 0.6) is 0 Å². The second kappa shape index (κ2) is 3.90. The Labute approximate surface area is 78.1 Å². The third kappa shape index (κ3) is 1.90. The normalized spacial score (nSPS) is 35.7. The molecule has 1 aliphatic carbocycles. The van der Waals surface area contributed by atoms with Gasteiger partial charge in [0.05, 0.1) is 5.92 Å². The molecule has 4 atom stereocenters. The van der Waals surface area contributed by atoms with E-state index in [1.165, 1.54) is 0 Å². The molecule has 3 nitrogen and oxygen atoms in total. The van der Waals surface area contributed by atoms with Gasteiger partial charge in [-0.05, 0) is 24.7 Å². The Morgan fingerprint density at radius 2 is 2.15 bits per heavy atom. The van der Waals surface area contributed by atoms with Crippen molar-refractivity contribution in [1.82, 2.24) is 0 Å². The van der Waals surface area contributed by atoms with E-state index in [1.54, 1.807) is 0 Å². The van der Waals surface area contributed by atoms with E-state index < -0.39 is 5.97 Å². The van der Waals surface area contributed by atoms with Gasteiger partial charge in [0.2, 0.25) is 0 Å². The van der Waals surface area contributed by atoms with Crippen LogP contribution in [0.1, 0.15) is 26.7 Å².